The van der Waals surface area contributed by atoms with Gasteiger partial charge in [-0.2, -0.15) is 0 Å². The fourth-order valence-electron chi connectivity index (χ4n) is 2.68. The molecule has 31 heavy (non-hydrogen) atoms. The second kappa shape index (κ2) is 11.3. The third kappa shape index (κ3) is 7.26. The van der Waals surface area contributed by atoms with Crippen molar-refractivity contribution in [3.8, 4) is 11.5 Å². The Morgan fingerprint density at radius 3 is 2.32 bits per heavy atom. The number of sulfonamides is 1. The number of esters is 2. The highest BCUT2D eigenvalue weighted by molar-refractivity contribution is 7.89. The Kier molecular flexibility index (Phi) is 8.83. The highest BCUT2D eigenvalue weighted by Gasteiger charge is 2.24. The van der Waals surface area contributed by atoms with Crippen LogP contribution in [0.4, 0.5) is 5.69 Å². The van der Waals surface area contributed by atoms with Crippen molar-refractivity contribution in [2.45, 2.75) is 31.6 Å². The molecule has 0 unspecified atom stereocenters. The molecule has 10 heteroatoms. The molecule has 2 rings (SSSR count). The Morgan fingerprint density at radius 1 is 1.03 bits per heavy atom. The largest absolute Gasteiger partial charge is 0.466 e. The maximum Gasteiger partial charge on any atom is 0.338 e. The normalized spacial score (nSPS) is 10.9. The SMILES string of the molecule is CCOC(=O)CCCNc1cc(C(=O)OCC)cc(S(N)(=O)=O)c1Oc1ccccc1. The lowest BCUT2D eigenvalue weighted by Crippen LogP contribution is -2.17. The zero-order chi connectivity index (χ0) is 22.9. The average Bonchev–Trinajstić information content (AvgIpc) is 2.72. The molecule has 0 aliphatic heterocycles. The van der Waals surface area contributed by atoms with Gasteiger partial charge in [0.1, 0.15) is 10.6 Å². The number of para-hydroxylation sites is 1. The van der Waals surface area contributed by atoms with Gasteiger partial charge >= 0.3 is 11.9 Å². The summed E-state index contributed by atoms with van der Waals surface area (Å²) in [6, 6.07) is 11.1. The number of hydrogen-bond donors (Lipinski definition) is 2. The summed E-state index contributed by atoms with van der Waals surface area (Å²) in [6.45, 7) is 4.06. The van der Waals surface area contributed by atoms with Crippen LogP contribution in [0.3, 0.4) is 0 Å². The van der Waals surface area contributed by atoms with Gasteiger partial charge in [-0.05, 0) is 44.5 Å². The number of carbonyl (C=O) groups is 2. The zero-order valence-corrected chi connectivity index (χ0v) is 18.2. The van der Waals surface area contributed by atoms with Crippen LogP contribution < -0.4 is 15.2 Å². The van der Waals surface area contributed by atoms with Gasteiger partial charge in [-0.3, -0.25) is 4.79 Å². The van der Waals surface area contributed by atoms with E-state index in [0.29, 0.717) is 25.3 Å². The molecule has 0 atom stereocenters. The molecule has 0 saturated carbocycles. The lowest BCUT2D eigenvalue weighted by molar-refractivity contribution is -0.143. The molecule has 0 spiro atoms. The molecule has 3 N–H and O–H groups in total. The molecule has 0 bridgehead atoms. The van der Waals surface area contributed by atoms with Gasteiger partial charge in [0.15, 0.2) is 5.75 Å². The van der Waals surface area contributed by atoms with Crippen molar-refractivity contribution in [3.63, 3.8) is 0 Å². The summed E-state index contributed by atoms with van der Waals surface area (Å²) in [5, 5.41) is 8.42. The zero-order valence-electron chi connectivity index (χ0n) is 17.4. The van der Waals surface area contributed by atoms with Crippen molar-refractivity contribution in [3.05, 3.63) is 48.0 Å². The number of nitrogens with two attached hydrogens (primary N) is 1. The van der Waals surface area contributed by atoms with E-state index in [1.807, 2.05) is 0 Å². The number of nitrogens with one attached hydrogen (secondary N) is 1. The number of anilines is 1. The molecule has 9 nitrogen and oxygen atoms in total. The first-order chi connectivity index (χ1) is 14.8. The summed E-state index contributed by atoms with van der Waals surface area (Å²) in [5.74, 6) is -0.715. The summed E-state index contributed by atoms with van der Waals surface area (Å²) < 4.78 is 40.2. The predicted molar refractivity (Wildman–Crippen MR) is 115 cm³/mol. The summed E-state index contributed by atoms with van der Waals surface area (Å²) in [5.41, 5.74) is 0.224. The monoisotopic (exact) mass is 450 g/mol. The maximum atomic E-state index is 12.3. The highest BCUT2D eigenvalue weighted by Crippen LogP contribution is 2.37. The van der Waals surface area contributed by atoms with E-state index < -0.39 is 16.0 Å². The van der Waals surface area contributed by atoms with Crippen LogP contribution in [0, 0.1) is 0 Å². The first-order valence-corrected chi connectivity index (χ1v) is 11.3. The van der Waals surface area contributed by atoms with Crippen LogP contribution in [-0.4, -0.2) is 40.1 Å². The minimum absolute atomic E-state index is 0.000760. The molecule has 0 radical (unpaired) electrons. The first-order valence-electron chi connectivity index (χ1n) is 9.76. The number of hydrogen-bond acceptors (Lipinski definition) is 8. The van der Waals surface area contributed by atoms with E-state index in [1.54, 1.807) is 44.2 Å². The van der Waals surface area contributed by atoms with Crippen LogP contribution in [0.25, 0.3) is 0 Å². The van der Waals surface area contributed by atoms with E-state index in [9.17, 15) is 18.0 Å². The van der Waals surface area contributed by atoms with Crippen molar-refractivity contribution in [2.75, 3.05) is 25.1 Å². The highest BCUT2D eigenvalue weighted by atomic mass is 32.2. The number of rotatable bonds is 11. The summed E-state index contributed by atoms with van der Waals surface area (Å²) in [7, 11) is -4.25. The number of primary sulfonamides is 1. The molecule has 0 fully saturated rings. The summed E-state index contributed by atoms with van der Waals surface area (Å²) in [6.07, 6.45) is 0.591. The van der Waals surface area contributed by atoms with E-state index in [1.165, 1.54) is 6.07 Å². The quantitative estimate of drug-likeness (QED) is 0.394. The molecule has 0 aliphatic rings. The molecule has 0 aliphatic carbocycles. The van der Waals surface area contributed by atoms with Crippen LogP contribution in [0.1, 0.15) is 37.0 Å². The molecular formula is C21H26N2O7S. The summed E-state index contributed by atoms with van der Waals surface area (Å²) >= 11 is 0. The van der Waals surface area contributed by atoms with Crippen LogP contribution in [0.2, 0.25) is 0 Å². The minimum atomic E-state index is -4.25. The van der Waals surface area contributed by atoms with Crippen LogP contribution in [-0.2, 0) is 24.3 Å². The molecular weight excluding hydrogens is 424 g/mol. The maximum absolute atomic E-state index is 12.3. The molecule has 0 saturated heterocycles. The van der Waals surface area contributed by atoms with Crippen molar-refractivity contribution >= 4 is 27.6 Å². The topological polar surface area (TPSA) is 134 Å². The van der Waals surface area contributed by atoms with Gasteiger partial charge in [-0.25, -0.2) is 18.4 Å². The molecule has 2 aromatic carbocycles. The van der Waals surface area contributed by atoms with Gasteiger partial charge in [0.25, 0.3) is 0 Å². The second-order valence-electron chi connectivity index (χ2n) is 6.37. The van der Waals surface area contributed by atoms with E-state index in [0.717, 1.165) is 6.07 Å². The molecule has 0 heterocycles. The van der Waals surface area contributed by atoms with Crippen LogP contribution in [0.5, 0.6) is 11.5 Å². The Balaban J connectivity index is 2.42. The molecule has 2 aromatic rings. The first kappa shape index (κ1) is 24.2. The van der Waals surface area contributed by atoms with Crippen LogP contribution >= 0.6 is 0 Å². The van der Waals surface area contributed by atoms with Crippen molar-refractivity contribution in [1.29, 1.82) is 0 Å². The molecule has 168 valence electrons. The Morgan fingerprint density at radius 2 is 1.71 bits per heavy atom. The third-order valence-electron chi connectivity index (χ3n) is 4.01. The van der Waals surface area contributed by atoms with E-state index >= 15 is 0 Å². The smallest absolute Gasteiger partial charge is 0.338 e. The summed E-state index contributed by atoms with van der Waals surface area (Å²) in [4.78, 5) is 23.4. The van der Waals surface area contributed by atoms with Gasteiger partial charge < -0.3 is 19.5 Å². The van der Waals surface area contributed by atoms with Gasteiger partial charge in [0, 0.05) is 13.0 Å². The van der Waals surface area contributed by atoms with Crippen molar-refractivity contribution in [1.82, 2.24) is 0 Å². The predicted octanol–water partition coefficient (Wildman–Crippen LogP) is 3.06. The van der Waals surface area contributed by atoms with E-state index in [2.05, 4.69) is 5.32 Å². The average molecular weight is 451 g/mol. The van der Waals surface area contributed by atoms with E-state index in [-0.39, 0.29) is 40.9 Å². The van der Waals surface area contributed by atoms with Crippen LogP contribution in [0.15, 0.2) is 47.4 Å². The molecule has 0 aromatic heterocycles. The Hall–Kier alpha value is -3.11. The Bertz CT molecular complexity index is 1010. The minimum Gasteiger partial charge on any atom is -0.466 e. The second-order valence-corrected chi connectivity index (χ2v) is 7.90. The number of ether oxygens (including phenoxy) is 3. The number of carbonyl (C=O) groups excluding carboxylic acids is 2. The lowest BCUT2D eigenvalue weighted by Gasteiger charge is -2.17. The third-order valence-corrected chi connectivity index (χ3v) is 4.93. The van der Waals surface area contributed by atoms with Gasteiger partial charge in [-0.15, -0.1) is 0 Å². The van der Waals surface area contributed by atoms with Crippen molar-refractivity contribution < 1.29 is 32.2 Å². The molecule has 0 amide bonds. The van der Waals surface area contributed by atoms with Gasteiger partial charge in [-0.1, -0.05) is 18.2 Å². The fraction of sp³-hybridized carbons (Fsp3) is 0.333. The van der Waals surface area contributed by atoms with E-state index in [4.69, 9.17) is 19.3 Å². The van der Waals surface area contributed by atoms with Crippen molar-refractivity contribution in [2.24, 2.45) is 5.14 Å². The standard InChI is InChI=1S/C21H26N2O7S/c1-3-28-19(24)11-8-12-23-17-13-15(21(25)29-4-2)14-18(31(22,26)27)20(17)30-16-9-6-5-7-10-16/h5-7,9-10,13-14,23H,3-4,8,11-12H2,1-2H3,(H2,22,26,27). The fourth-order valence-corrected chi connectivity index (χ4v) is 3.38. The van der Waals surface area contributed by atoms with Gasteiger partial charge in [0.05, 0.1) is 24.5 Å². The Labute approximate surface area is 181 Å². The van der Waals surface area contributed by atoms with Gasteiger partial charge in [0.2, 0.25) is 10.0 Å². The lowest BCUT2D eigenvalue weighted by atomic mass is 10.1. The number of benzene rings is 2.